The summed E-state index contributed by atoms with van der Waals surface area (Å²) in [6.07, 6.45) is 1.72. The largest absolute Gasteiger partial charge is 0.493 e. The van der Waals surface area contributed by atoms with E-state index >= 15 is 0 Å². The lowest BCUT2D eigenvalue weighted by atomic mass is 10.2. The molecule has 3 aromatic rings. The van der Waals surface area contributed by atoms with Crippen molar-refractivity contribution in [3.8, 4) is 11.5 Å². The smallest absolute Gasteiger partial charge is 0.262 e. The predicted octanol–water partition coefficient (Wildman–Crippen LogP) is 6.50. The molecule has 1 amide bonds. The standard InChI is InChI=1S/C24H22BrClN2O3/c1-15-5-4-6-19(9-15)28-23(29)14-31-24-20(25)10-17(11-22(24)30-3)13-27-21-12-18(26)8-7-16(21)2/h4-13H,14H2,1-3H3,(H,28,29). The molecule has 0 aliphatic rings. The second kappa shape index (κ2) is 10.5. The average molecular weight is 502 g/mol. The molecule has 3 aromatic carbocycles. The second-order valence-corrected chi connectivity index (χ2v) is 8.22. The van der Waals surface area contributed by atoms with Gasteiger partial charge < -0.3 is 14.8 Å². The van der Waals surface area contributed by atoms with Crippen molar-refractivity contribution >= 4 is 51.0 Å². The van der Waals surface area contributed by atoms with E-state index in [9.17, 15) is 4.79 Å². The van der Waals surface area contributed by atoms with Crippen LogP contribution in [0.5, 0.6) is 11.5 Å². The number of hydrogen-bond acceptors (Lipinski definition) is 4. The summed E-state index contributed by atoms with van der Waals surface area (Å²) in [5.41, 5.74) is 4.40. The van der Waals surface area contributed by atoms with Crippen molar-refractivity contribution in [2.45, 2.75) is 13.8 Å². The molecular formula is C24H22BrClN2O3. The third-order valence-electron chi connectivity index (χ3n) is 4.43. The zero-order valence-electron chi connectivity index (χ0n) is 17.4. The third kappa shape index (κ3) is 6.32. The lowest BCUT2D eigenvalue weighted by molar-refractivity contribution is -0.118. The highest BCUT2D eigenvalue weighted by molar-refractivity contribution is 9.10. The summed E-state index contributed by atoms with van der Waals surface area (Å²) in [6, 6.07) is 16.8. The number of aryl methyl sites for hydroxylation is 2. The van der Waals surface area contributed by atoms with Crippen LogP contribution < -0.4 is 14.8 Å². The van der Waals surface area contributed by atoms with E-state index in [1.807, 2.05) is 62.4 Å². The summed E-state index contributed by atoms with van der Waals surface area (Å²) in [5, 5.41) is 3.45. The van der Waals surface area contributed by atoms with Gasteiger partial charge in [-0.1, -0.05) is 29.8 Å². The van der Waals surface area contributed by atoms with Crippen molar-refractivity contribution in [2.75, 3.05) is 19.0 Å². The number of ether oxygens (including phenoxy) is 2. The highest BCUT2D eigenvalue weighted by atomic mass is 79.9. The molecule has 0 fully saturated rings. The van der Waals surface area contributed by atoms with Gasteiger partial charge in [0.05, 0.1) is 17.3 Å². The highest BCUT2D eigenvalue weighted by Gasteiger charge is 2.13. The monoisotopic (exact) mass is 500 g/mol. The van der Waals surface area contributed by atoms with Crippen LogP contribution in [0.2, 0.25) is 5.02 Å². The molecule has 3 rings (SSSR count). The lowest BCUT2D eigenvalue weighted by Crippen LogP contribution is -2.20. The van der Waals surface area contributed by atoms with Crippen molar-refractivity contribution in [2.24, 2.45) is 4.99 Å². The Balaban J connectivity index is 1.72. The normalized spacial score (nSPS) is 10.9. The lowest BCUT2D eigenvalue weighted by Gasteiger charge is -2.13. The molecule has 0 saturated heterocycles. The number of carbonyl (C=O) groups is 1. The number of rotatable bonds is 7. The minimum Gasteiger partial charge on any atom is -0.493 e. The van der Waals surface area contributed by atoms with Gasteiger partial charge in [0, 0.05) is 16.9 Å². The summed E-state index contributed by atoms with van der Waals surface area (Å²) >= 11 is 9.56. The van der Waals surface area contributed by atoms with Gasteiger partial charge in [0.1, 0.15) is 0 Å². The molecule has 1 N–H and O–H groups in total. The first-order valence-corrected chi connectivity index (χ1v) is 10.7. The number of hydrogen-bond donors (Lipinski definition) is 1. The van der Waals surface area contributed by atoms with Crippen LogP contribution in [0.3, 0.4) is 0 Å². The molecule has 0 heterocycles. The van der Waals surface area contributed by atoms with Crippen LogP contribution in [-0.2, 0) is 4.79 Å². The number of nitrogens with zero attached hydrogens (tertiary/aromatic N) is 1. The Morgan fingerprint density at radius 2 is 1.97 bits per heavy atom. The van der Waals surface area contributed by atoms with Gasteiger partial charge in [-0.3, -0.25) is 9.79 Å². The fraction of sp³-hybridized carbons (Fsp3) is 0.167. The topological polar surface area (TPSA) is 59.9 Å². The molecule has 31 heavy (non-hydrogen) atoms. The SMILES string of the molecule is COc1cc(C=Nc2cc(Cl)ccc2C)cc(Br)c1OCC(=O)Nc1cccc(C)c1. The summed E-state index contributed by atoms with van der Waals surface area (Å²) in [7, 11) is 1.55. The number of benzene rings is 3. The minimum absolute atomic E-state index is 0.155. The number of methoxy groups -OCH3 is 1. The zero-order chi connectivity index (χ0) is 22.4. The number of nitrogens with one attached hydrogen (secondary N) is 1. The molecule has 0 radical (unpaired) electrons. The van der Waals surface area contributed by atoms with Gasteiger partial charge in [0.15, 0.2) is 18.1 Å². The molecular weight excluding hydrogens is 480 g/mol. The Morgan fingerprint density at radius 1 is 1.16 bits per heavy atom. The molecule has 0 aromatic heterocycles. The fourth-order valence-corrected chi connectivity index (χ4v) is 3.62. The van der Waals surface area contributed by atoms with Crippen molar-refractivity contribution in [3.63, 3.8) is 0 Å². The van der Waals surface area contributed by atoms with Crippen molar-refractivity contribution < 1.29 is 14.3 Å². The van der Waals surface area contributed by atoms with Crippen LogP contribution in [0.25, 0.3) is 0 Å². The first kappa shape index (κ1) is 22.8. The third-order valence-corrected chi connectivity index (χ3v) is 5.25. The number of carbonyl (C=O) groups excluding carboxylic acids is 1. The predicted molar refractivity (Wildman–Crippen MR) is 129 cm³/mol. The van der Waals surface area contributed by atoms with E-state index < -0.39 is 0 Å². The first-order chi connectivity index (χ1) is 14.9. The Labute approximate surface area is 195 Å². The van der Waals surface area contributed by atoms with E-state index in [0.717, 1.165) is 28.1 Å². The average Bonchev–Trinajstić information content (AvgIpc) is 2.73. The highest BCUT2D eigenvalue weighted by Crippen LogP contribution is 2.36. The van der Waals surface area contributed by atoms with Crippen LogP contribution >= 0.6 is 27.5 Å². The Morgan fingerprint density at radius 3 is 2.71 bits per heavy atom. The molecule has 0 bridgehead atoms. The molecule has 0 spiro atoms. The quantitative estimate of drug-likeness (QED) is 0.376. The maximum absolute atomic E-state index is 12.3. The maximum Gasteiger partial charge on any atom is 0.262 e. The van der Waals surface area contributed by atoms with E-state index in [0.29, 0.717) is 21.0 Å². The van der Waals surface area contributed by atoms with Gasteiger partial charge in [-0.2, -0.15) is 0 Å². The molecule has 0 unspecified atom stereocenters. The molecule has 0 atom stereocenters. The van der Waals surface area contributed by atoms with E-state index in [-0.39, 0.29) is 12.5 Å². The van der Waals surface area contributed by atoms with E-state index in [4.69, 9.17) is 21.1 Å². The Bertz CT molecular complexity index is 1130. The Hall–Kier alpha value is -2.83. The second-order valence-electron chi connectivity index (χ2n) is 6.93. The molecule has 0 saturated carbocycles. The molecule has 160 valence electrons. The van der Waals surface area contributed by atoms with Crippen LogP contribution in [-0.4, -0.2) is 25.8 Å². The van der Waals surface area contributed by atoms with E-state index in [1.54, 1.807) is 19.4 Å². The van der Waals surface area contributed by atoms with Gasteiger partial charge in [-0.05, 0) is 82.9 Å². The van der Waals surface area contributed by atoms with Crippen molar-refractivity contribution in [3.05, 3.63) is 80.8 Å². The van der Waals surface area contributed by atoms with Gasteiger partial charge in [-0.25, -0.2) is 0 Å². The van der Waals surface area contributed by atoms with Gasteiger partial charge in [0.25, 0.3) is 5.91 Å². The molecule has 7 heteroatoms. The minimum atomic E-state index is -0.262. The van der Waals surface area contributed by atoms with Gasteiger partial charge in [-0.15, -0.1) is 0 Å². The van der Waals surface area contributed by atoms with Crippen LogP contribution in [0.4, 0.5) is 11.4 Å². The number of halogens is 2. The summed E-state index contributed by atoms with van der Waals surface area (Å²) in [6.45, 7) is 3.78. The van der Waals surface area contributed by atoms with Crippen LogP contribution in [0.1, 0.15) is 16.7 Å². The van der Waals surface area contributed by atoms with E-state index in [1.165, 1.54) is 0 Å². The molecule has 0 aliphatic heterocycles. The fourth-order valence-electron chi connectivity index (χ4n) is 2.88. The first-order valence-electron chi connectivity index (χ1n) is 9.53. The van der Waals surface area contributed by atoms with Gasteiger partial charge in [0.2, 0.25) is 0 Å². The molecule has 5 nitrogen and oxygen atoms in total. The number of anilines is 1. The van der Waals surface area contributed by atoms with Gasteiger partial charge >= 0.3 is 0 Å². The maximum atomic E-state index is 12.3. The van der Waals surface area contributed by atoms with Crippen molar-refractivity contribution in [1.29, 1.82) is 0 Å². The number of aliphatic imine (C=N–C) groups is 1. The summed E-state index contributed by atoms with van der Waals surface area (Å²) in [4.78, 5) is 16.8. The van der Waals surface area contributed by atoms with Crippen LogP contribution in [0.15, 0.2) is 64.1 Å². The van der Waals surface area contributed by atoms with Crippen LogP contribution in [0, 0.1) is 13.8 Å². The summed E-state index contributed by atoms with van der Waals surface area (Å²) in [5.74, 6) is 0.668. The number of amides is 1. The summed E-state index contributed by atoms with van der Waals surface area (Å²) < 4.78 is 11.8. The van der Waals surface area contributed by atoms with E-state index in [2.05, 4.69) is 26.2 Å². The Kier molecular flexibility index (Phi) is 7.71. The van der Waals surface area contributed by atoms with Crippen molar-refractivity contribution in [1.82, 2.24) is 0 Å². The molecule has 0 aliphatic carbocycles. The zero-order valence-corrected chi connectivity index (χ0v) is 19.8.